The van der Waals surface area contributed by atoms with Gasteiger partial charge < -0.3 is 24.7 Å². The highest BCUT2D eigenvalue weighted by atomic mass is 31.3. The van der Waals surface area contributed by atoms with Gasteiger partial charge in [0.05, 0.1) is 0 Å². The molecule has 0 amide bonds. The Hall–Kier alpha value is -0.270. The van der Waals surface area contributed by atoms with Crippen LogP contribution in [-0.2, 0) is 13.9 Å². The Morgan fingerprint density at radius 1 is 1.08 bits per heavy atom. The first-order chi connectivity index (χ1) is 5.44. The average molecular weight is 237 g/mol. The number of nitrogens with one attached hydrogen (secondary N) is 1. The maximum atomic E-state index is 9.74. The lowest BCUT2D eigenvalue weighted by molar-refractivity contribution is -0.134. The zero-order valence-electron chi connectivity index (χ0n) is 6.36. The number of carboxylic acids is 1. The summed E-state index contributed by atoms with van der Waals surface area (Å²) in [4.78, 5) is 41.2. The molecule has 0 aliphatic rings. The average Bonchev–Trinajstić information content (AvgIpc) is 1.47. The van der Waals surface area contributed by atoms with Crippen molar-refractivity contribution in [3.05, 3.63) is 0 Å². The third-order valence-electron chi connectivity index (χ3n) is 0.261. The summed E-state index contributed by atoms with van der Waals surface area (Å²) in [6, 6.07) is 0. The predicted molar refractivity (Wildman–Crippen MR) is 40.5 cm³/mol. The number of carbonyl (C=O) groups is 1. The number of rotatable bonds is 2. The van der Waals surface area contributed by atoms with E-state index in [1.165, 1.54) is 0 Å². The lowest BCUT2D eigenvalue weighted by atomic mass is 10.9. The largest absolute Gasteiger partial charge is 0.481 e. The molecule has 0 fully saturated rings. The molecule has 0 heterocycles. The molecule has 0 spiro atoms. The van der Waals surface area contributed by atoms with Gasteiger partial charge in [-0.25, -0.2) is 9.13 Å². The summed E-state index contributed by atoms with van der Waals surface area (Å²) in [5, 5.41) is 7.42. The van der Waals surface area contributed by atoms with Gasteiger partial charge in [-0.1, -0.05) is 0 Å². The predicted octanol–water partition coefficient (Wildman–Crippen LogP) is -1.15. The summed E-state index contributed by atoms with van der Waals surface area (Å²) in [5.74, 6) is -0.833. The van der Waals surface area contributed by atoms with Crippen molar-refractivity contribution in [2.24, 2.45) is 0 Å². The highest BCUT2D eigenvalue weighted by Gasteiger charge is 2.24. The van der Waals surface area contributed by atoms with Gasteiger partial charge in [-0.15, -0.1) is 4.86 Å². The third kappa shape index (κ3) is 33.8. The Morgan fingerprint density at radius 3 is 1.23 bits per heavy atom. The van der Waals surface area contributed by atoms with E-state index in [1.54, 1.807) is 0 Å². The maximum Gasteiger partial charge on any atom is 0.409 e. The molecule has 0 saturated carbocycles. The van der Waals surface area contributed by atoms with E-state index >= 15 is 0 Å². The Morgan fingerprint density at radius 2 is 1.23 bits per heavy atom. The van der Waals surface area contributed by atoms with Crippen LogP contribution in [0.5, 0.6) is 0 Å². The van der Waals surface area contributed by atoms with Crippen LogP contribution in [0.4, 0.5) is 0 Å². The Kier molecular flexibility index (Phi) is 6.39. The van der Waals surface area contributed by atoms with Gasteiger partial charge in [-0.05, 0) is 0 Å². The fourth-order valence-corrected chi connectivity index (χ4v) is 1.53. The second kappa shape index (κ2) is 5.46. The van der Waals surface area contributed by atoms with Crippen molar-refractivity contribution in [1.82, 2.24) is 4.86 Å². The minimum Gasteiger partial charge on any atom is -0.481 e. The monoisotopic (exact) mass is 237 g/mol. The SMILES string of the molecule is CC(=O)O.O=P(O)(O)NP(=O)(O)O. The molecule has 6 N–H and O–H groups in total. The van der Waals surface area contributed by atoms with Crippen LogP contribution in [0.3, 0.4) is 0 Å². The van der Waals surface area contributed by atoms with E-state index in [2.05, 4.69) is 0 Å². The molecule has 80 valence electrons. The first-order valence-electron chi connectivity index (χ1n) is 2.54. The normalized spacial score (nSPS) is 11.5. The zero-order chi connectivity index (χ0) is 11.3. The fourth-order valence-electron chi connectivity index (χ4n) is 0.170. The Balaban J connectivity index is 0. The van der Waals surface area contributed by atoms with Crippen molar-refractivity contribution in [3.63, 3.8) is 0 Å². The molecule has 0 aromatic heterocycles. The molecule has 13 heavy (non-hydrogen) atoms. The van der Waals surface area contributed by atoms with Crippen LogP contribution >= 0.6 is 15.5 Å². The van der Waals surface area contributed by atoms with Crippen LogP contribution in [0.1, 0.15) is 6.92 Å². The van der Waals surface area contributed by atoms with E-state index < -0.39 is 21.5 Å². The summed E-state index contributed by atoms with van der Waals surface area (Å²) in [6.07, 6.45) is 0. The molecule has 0 atom stereocenters. The van der Waals surface area contributed by atoms with Crippen LogP contribution in [0.25, 0.3) is 0 Å². The van der Waals surface area contributed by atoms with Gasteiger partial charge in [0, 0.05) is 6.92 Å². The fraction of sp³-hybridized carbons (Fsp3) is 0.500. The molecule has 0 aromatic rings. The summed E-state index contributed by atoms with van der Waals surface area (Å²) >= 11 is 0. The number of aliphatic carboxylic acids is 1. The molecule has 0 aliphatic heterocycles. The van der Waals surface area contributed by atoms with Crippen molar-refractivity contribution in [2.75, 3.05) is 0 Å². The van der Waals surface area contributed by atoms with E-state index in [9.17, 15) is 9.13 Å². The summed E-state index contributed by atoms with van der Waals surface area (Å²) in [5.41, 5.74) is 0. The third-order valence-corrected chi connectivity index (χ3v) is 2.34. The van der Waals surface area contributed by atoms with Crippen LogP contribution in [0.15, 0.2) is 0 Å². The highest BCUT2D eigenvalue weighted by molar-refractivity contribution is 7.65. The quantitative estimate of drug-likeness (QED) is 0.325. The minimum absolute atomic E-state index is 0.792. The van der Waals surface area contributed by atoms with E-state index in [0.29, 0.717) is 0 Å². The molecule has 0 bridgehead atoms. The molecule has 0 saturated heterocycles. The summed E-state index contributed by atoms with van der Waals surface area (Å²) in [7, 11) is -9.60. The molecule has 0 aromatic carbocycles. The van der Waals surface area contributed by atoms with Gasteiger partial charge >= 0.3 is 15.5 Å². The van der Waals surface area contributed by atoms with Crippen LogP contribution in [0.2, 0.25) is 0 Å². The molecular formula is C2H9NO8P2. The lowest BCUT2D eigenvalue weighted by Crippen LogP contribution is -2.04. The smallest absolute Gasteiger partial charge is 0.409 e. The Labute approximate surface area is 72.8 Å². The van der Waals surface area contributed by atoms with E-state index in [1.807, 2.05) is 0 Å². The molecule has 0 radical (unpaired) electrons. The van der Waals surface area contributed by atoms with Gasteiger partial charge in [0.2, 0.25) is 0 Å². The van der Waals surface area contributed by atoms with E-state index in [4.69, 9.17) is 29.5 Å². The molecule has 11 heteroatoms. The number of carboxylic acid groups (broad SMARTS) is 1. The summed E-state index contributed by atoms with van der Waals surface area (Å²) < 4.78 is 19.5. The molecule has 0 unspecified atom stereocenters. The number of hydrogen-bond acceptors (Lipinski definition) is 3. The van der Waals surface area contributed by atoms with Crippen molar-refractivity contribution >= 4 is 21.5 Å². The maximum absolute atomic E-state index is 9.74. The molecular weight excluding hydrogens is 228 g/mol. The van der Waals surface area contributed by atoms with Crippen LogP contribution in [0, 0.1) is 0 Å². The highest BCUT2D eigenvalue weighted by Crippen LogP contribution is 2.43. The standard InChI is InChI=1S/C2H4O2.H5NO6P2/c1-2(3)4;2-8(3,4)1-9(5,6)7/h1H3,(H,3,4);(H5,1,2,3,4,5,6,7). The molecule has 0 aliphatic carbocycles. The van der Waals surface area contributed by atoms with Crippen molar-refractivity contribution in [2.45, 2.75) is 6.92 Å². The first-order valence-corrected chi connectivity index (χ1v) is 5.76. The van der Waals surface area contributed by atoms with E-state index in [0.717, 1.165) is 11.8 Å². The number of hydrogen-bond donors (Lipinski definition) is 6. The van der Waals surface area contributed by atoms with Crippen LogP contribution in [-0.4, -0.2) is 30.6 Å². The molecule has 0 rings (SSSR count). The van der Waals surface area contributed by atoms with Gasteiger partial charge in [-0.2, -0.15) is 0 Å². The van der Waals surface area contributed by atoms with Gasteiger partial charge in [-0.3, -0.25) is 4.79 Å². The van der Waals surface area contributed by atoms with Crippen molar-refractivity contribution < 1.29 is 38.6 Å². The second-order valence-corrected chi connectivity index (χ2v) is 4.68. The van der Waals surface area contributed by atoms with Gasteiger partial charge in [0.25, 0.3) is 5.97 Å². The van der Waals surface area contributed by atoms with Crippen molar-refractivity contribution in [3.8, 4) is 0 Å². The van der Waals surface area contributed by atoms with Crippen LogP contribution < -0.4 is 4.86 Å². The second-order valence-electron chi connectivity index (χ2n) is 1.71. The van der Waals surface area contributed by atoms with Crippen molar-refractivity contribution in [1.29, 1.82) is 0 Å². The lowest BCUT2D eigenvalue weighted by Gasteiger charge is -2.05. The molecule has 9 nitrogen and oxygen atoms in total. The first kappa shape index (κ1) is 15.2. The van der Waals surface area contributed by atoms with E-state index in [-0.39, 0.29) is 0 Å². The topological polar surface area (TPSA) is 164 Å². The van der Waals surface area contributed by atoms with Gasteiger partial charge in [0.15, 0.2) is 0 Å². The Bertz CT molecular complexity index is 225. The van der Waals surface area contributed by atoms with Gasteiger partial charge in [0.1, 0.15) is 0 Å². The minimum atomic E-state index is -4.80. The zero-order valence-corrected chi connectivity index (χ0v) is 8.14. The summed E-state index contributed by atoms with van der Waals surface area (Å²) in [6.45, 7) is 1.08.